The van der Waals surface area contributed by atoms with E-state index in [0.717, 1.165) is 10.0 Å². The smallest absolute Gasteiger partial charge is 0.0920 e. The van der Waals surface area contributed by atoms with Crippen molar-refractivity contribution in [2.24, 2.45) is 0 Å². The average molecular weight is 347 g/mol. The van der Waals surface area contributed by atoms with E-state index in [1.807, 2.05) is 37.3 Å². The molecule has 2 aromatic carbocycles. The number of thiophene rings is 1. The van der Waals surface area contributed by atoms with Crippen LogP contribution in [0.25, 0.3) is 10.1 Å². The second kappa shape index (κ2) is 5.32. The lowest BCUT2D eigenvalue weighted by Gasteiger charge is -2.25. The first-order valence-electron chi connectivity index (χ1n) is 6.50. The fourth-order valence-corrected chi connectivity index (χ4v) is 4.21. The van der Waals surface area contributed by atoms with Crippen molar-refractivity contribution in [1.29, 1.82) is 0 Å². The van der Waals surface area contributed by atoms with Gasteiger partial charge in [-0.3, -0.25) is 0 Å². The number of fused-ring (bicyclic) bond motifs is 1. The molecule has 102 valence electrons. The van der Waals surface area contributed by atoms with Gasteiger partial charge in [-0.1, -0.05) is 52.3 Å². The van der Waals surface area contributed by atoms with Gasteiger partial charge in [0.2, 0.25) is 0 Å². The van der Waals surface area contributed by atoms with Crippen LogP contribution in [0.1, 0.15) is 18.1 Å². The summed E-state index contributed by atoms with van der Waals surface area (Å²) in [5.41, 5.74) is 1.24. The fraction of sp³-hybridized carbons (Fsp3) is 0.176. The molecule has 0 spiro atoms. The minimum Gasteiger partial charge on any atom is -0.385 e. The van der Waals surface area contributed by atoms with E-state index in [-0.39, 0.29) is 0 Å². The van der Waals surface area contributed by atoms with Crippen molar-refractivity contribution in [2.45, 2.75) is 18.9 Å². The van der Waals surface area contributed by atoms with Crippen LogP contribution < -0.4 is 0 Å². The molecule has 0 aliphatic rings. The Morgan fingerprint density at radius 2 is 1.80 bits per heavy atom. The summed E-state index contributed by atoms with van der Waals surface area (Å²) in [6, 6.07) is 16.2. The summed E-state index contributed by atoms with van der Waals surface area (Å²) in [6.45, 7) is 1.87. The molecule has 0 saturated heterocycles. The fourth-order valence-electron chi connectivity index (χ4n) is 2.53. The van der Waals surface area contributed by atoms with Crippen LogP contribution in [0.3, 0.4) is 0 Å². The number of hydrogen-bond donors (Lipinski definition) is 1. The number of benzene rings is 2. The molecule has 3 heteroatoms. The minimum absolute atomic E-state index is 0.611. The Morgan fingerprint density at radius 3 is 2.60 bits per heavy atom. The van der Waals surface area contributed by atoms with Crippen LogP contribution in [-0.4, -0.2) is 5.11 Å². The van der Waals surface area contributed by atoms with E-state index in [9.17, 15) is 5.11 Å². The standard InChI is InChI=1S/C17H15BrOS/c1-17(19,14-7-3-4-8-15(14)18)10-12-11-20-16-9-5-2-6-13(12)16/h2-9,11,19H,10H2,1H3. The normalized spacial score (nSPS) is 14.3. The van der Waals surface area contributed by atoms with Crippen LogP contribution in [0.4, 0.5) is 0 Å². The summed E-state index contributed by atoms with van der Waals surface area (Å²) in [6.07, 6.45) is 0.611. The second-order valence-electron chi connectivity index (χ2n) is 5.19. The van der Waals surface area contributed by atoms with Gasteiger partial charge < -0.3 is 5.11 Å². The largest absolute Gasteiger partial charge is 0.385 e. The predicted molar refractivity (Wildman–Crippen MR) is 89.2 cm³/mol. The Morgan fingerprint density at radius 1 is 1.10 bits per heavy atom. The van der Waals surface area contributed by atoms with Gasteiger partial charge in [0.05, 0.1) is 5.60 Å². The summed E-state index contributed by atoms with van der Waals surface area (Å²) in [4.78, 5) is 0. The third kappa shape index (κ3) is 2.53. The monoisotopic (exact) mass is 346 g/mol. The maximum Gasteiger partial charge on any atom is 0.0920 e. The molecule has 3 aromatic rings. The molecule has 0 aliphatic carbocycles. The number of hydrogen-bond acceptors (Lipinski definition) is 2. The van der Waals surface area contributed by atoms with Crippen molar-refractivity contribution in [3.8, 4) is 0 Å². The predicted octanol–water partition coefficient (Wildman–Crippen LogP) is 5.11. The zero-order chi connectivity index (χ0) is 14.2. The minimum atomic E-state index is -0.885. The maximum atomic E-state index is 10.9. The molecule has 0 amide bonds. The van der Waals surface area contributed by atoms with Gasteiger partial charge >= 0.3 is 0 Å². The highest BCUT2D eigenvalue weighted by Crippen LogP contribution is 2.35. The zero-order valence-corrected chi connectivity index (χ0v) is 13.5. The molecule has 0 bridgehead atoms. The van der Waals surface area contributed by atoms with E-state index in [1.54, 1.807) is 11.3 Å². The van der Waals surface area contributed by atoms with Crippen LogP contribution in [-0.2, 0) is 12.0 Å². The van der Waals surface area contributed by atoms with Gasteiger partial charge in [0.15, 0.2) is 0 Å². The first-order chi connectivity index (χ1) is 9.58. The van der Waals surface area contributed by atoms with E-state index in [4.69, 9.17) is 0 Å². The quantitative estimate of drug-likeness (QED) is 0.698. The summed E-state index contributed by atoms with van der Waals surface area (Å²) < 4.78 is 2.22. The van der Waals surface area contributed by atoms with E-state index < -0.39 is 5.60 Å². The maximum absolute atomic E-state index is 10.9. The molecule has 1 heterocycles. The molecule has 20 heavy (non-hydrogen) atoms. The first kappa shape index (κ1) is 13.8. The highest BCUT2D eigenvalue weighted by Gasteiger charge is 2.26. The van der Waals surface area contributed by atoms with Gasteiger partial charge in [-0.15, -0.1) is 11.3 Å². The lowest BCUT2D eigenvalue weighted by Crippen LogP contribution is -2.24. The number of aliphatic hydroxyl groups is 1. The number of rotatable bonds is 3. The van der Waals surface area contributed by atoms with Crippen molar-refractivity contribution >= 4 is 37.4 Å². The summed E-state index contributed by atoms with van der Waals surface area (Å²) >= 11 is 5.26. The summed E-state index contributed by atoms with van der Waals surface area (Å²) in [5, 5.41) is 14.3. The molecule has 1 atom stereocenters. The molecule has 1 nitrogen and oxygen atoms in total. The topological polar surface area (TPSA) is 20.2 Å². The second-order valence-corrected chi connectivity index (χ2v) is 6.95. The summed E-state index contributed by atoms with van der Waals surface area (Å²) in [7, 11) is 0. The van der Waals surface area contributed by atoms with Crippen LogP contribution in [0.15, 0.2) is 58.4 Å². The Hall–Kier alpha value is -1.16. The van der Waals surface area contributed by atoms with E-state index in [1.165, 1.54) is 15.6 Å². The van der Waals surface area contributed by atoms with Crippen molar-refractivity contribution in [3.63, 3.8) is 0 Å². The SMILES string of the molecule is CC(O)(Cc1csc2ccccc12)c1ccccc1Br. The summed E-state index contributed by atoms with van der Waals surface area (Å²) in [5.74, 6) is 0. The molecule has 0 aliphatic heterocycles. The Kier molecular flexibility index (Phi) is 3.67. The van der Waals surface area contributed by atoms with Crippen molar-refractivity contribution in [1.82, 2.24) is 0 Å². The number of halogens is 1. The Labute approximate surface area is 131 Å². The van der Waals surface area contributed by atoms with Crippen LogP contribution in [0.2, 0.25) is 0 Å². The molecular weight excluding hydrogens is 332 g/mol. The van der Waals surface area contributed by atoms with Crippen molar-refractivity contribution in [2.75, 3.05) is 0 Å². The van der Waals surface area contributed by atoms with Gasteiger partial charge in [0.1, 0.15) is 0 Å². The molecule has 0 fully saturated rings. The van der Waals surface area contributed by atoms with Gasteiger partial charge in [0, 0.05) is 15.6 Å². The van der Waals surface area contributed by atoms with E-state index in [0.29, 0.717) is 6.42 Å². The molecule has 0 saturated carbocycles. The molecule has 1 unspecified atom stereocenters. The molecule has 1 N–H and O–H groups in total. The lowest BCUT2D eigenvalue weighted by molar-refractivity contribution is 0.0573. The van der Waals surface area contributed by atoms with E-state index in [2.05, 4.69) is 39.5 Å². The average Bonchev–Trinajstić information content (AvgIpc) is 2.82. The highest BCUT2D eigenvalue weighted by molar-refractivity contribution is 9.10. The Balaban J connectivity index is 1.99. The molecule has 1 aromatic heterocycles. The van der Waals surface area contributed by atoms with Crippen LogP contribution in [0, 0.1) is 0 Å². The molecular formula is C17H15BrOS. The van der Waals surface area contributed by atoms with Gasteiger partial charge in [-0.25, -0.2) is 0 Å². The zero-order valence-electron chi connectivity index (χ0n) is 11.1. The van der Waals surface area contributed by atoms with Gasteiger partial charge in [0.25, 0.3) is 0 Å². The van der Waals surface area contributed by atoms with Crippen LogP contribution in [0.5, 0.6) is 0 Å². The molecule has 3 rings (SSSR count). The highest BCUT2D eigenvalue weighted by atomic mass is 79.9. The molecule has 0 radical (unpaired) electrons. The Bertz CT molecular complexity index is 745. The lowest BCUT2D eigenvalue weighted by atomic mass is 9.89. The van der Waals surface area contributed by atoms with E-state index >= 15 is 0 Å². The van der Waals surface area contributed by atoms with Crippen molar-refractivity contribution < 1.29 is 5.11 Å². The van der Waals surface area contributed by atoms with Gasteiger partial charge in [-0.2, -0.15) is 0 Å². The van der Waals surface area contributed by atoms with Crippen LogP contribution >= 0.6 is 27.3 Å². The third-order valence-corrected chi connectivity index (χ3v) is 5.25. The van der Waals surface area contributed by atoms with Crippen molar-refractivity contribution in [3.05, 3.63) is 69.5 Å². The first-order valence-corrected chi connectivity index (χ1v) is 8.18. The third-order valence-electron chi connectivity index (χ3n) is 3.55. The van der Waals surface area contributed by atoms with Gasteiger partial charge in [-0.05, 0) is 40.9 Å².